The molecule has 0 spiro atoms. The molecule has 0 fully saturated rings. The molecule has 24 heavy (non-hydrogen) atoms. The molecule has 0 bridgehead atoms. The van der Waals surface area contributed by atoms with Gasteiger partial charge in [0.05, 0.1) is 5.00 Å². The van der Waals surface area contributed by atoms with Crippen molar-refractivity contribution in [2.24, 2.45) is 0 Å². The summed E-state index contributed by atoms with van der Waals surface area (Å²) in [6.07, 6.45) is 2.06. The van der Waals surface area contributed by atoms with Crippen molar-refractivity contribution >= 4 is 34.5 Å². The van der Waals surface area contributed by atoms with Crippen LogP contribution in [0.3, 0.4) is 0 Å². The Morgan fingerprint density at radius 3 is 2.46 bits per heavy atom. The van der Waals surface area contributed by atoms with E-state index in [1.807, 2.05) is 36.4 Å². The van der Waals surface area contributed by atoms with Crippen molar-refractivity contribution in [3.05, 3.63) is 47.4 Å². The first-order valence-electron chi connectivity index (χ1n) is 7.35. The highest BCUT2D eigenvalue weighted by Crippen LogP contribution is 2.36. The lowest BCUT2D eigenvalue weighted by Gasteiger charge is -2.19. The normalized spacial score (nSPS) is 11.5. The molecule has 0 aliphatic rings. The summed E-state index contributed by atoms with van der Waals surface area (Å²) in [5, 5.41) is 12.1. The van der Waals surface area contributed by atoms with Crippen LogP contribution in [0.2, 0.25) is 0 Å². The number of amides is 1. The zero-order chi connectivity index (χ0) is 17.7. The van der Waals surface area contributed by atoms with Crippen molar-refractivity contribution in [1.82, 2.24) is 0 Å². The number of rotatable bonds is 4. The first kappa shape index (κ1) is 17.7. The van der Waals surface area contributed by atoms with Gasteiger partial charge in [0.15, 0.2) is 0 Å². The van der Waals surface area contributed by atoms with Crippen molar-refractivity contribution in [1.29, 1.82) is 0 Å². The lowest BCUT2D eigenvalue weighted by atomic mass is 10.1. The number of hydrogen-bond acceptors (Lipinski definition) is 4. The minimum Gasteiger partial charge on any atom is -0.478 e. The maximum Gasteiger partial charge on any atom is 0.412 e. The molecule has 0 aliphatic carbocycles. The predicted octanol–water partition coefficient (Wildman–Crippen LogP) is 4.86. The van der Waals surface area contributed by atoms with Gasteiger partial charge in [-0.05, 0) is 38.5 Å². The van der Waals surface area contributed by atoms with Crippen molar-refractivity contribution < 1.29 is 19.4 Å². The van der Waals surface area contributed by atoms with Crippen LogP contribution < -0.4 is 5.32 Å². The number of carboxylic acids is 1. The molecule has 0 saturated carbocycles. The molecule has 2 rings (SSSR count). The fourth-order valence-corrected chi connectivity index (χ4v) is 2.96. The number of thiophene rings is 1. The number of carboxylic acid groups (broad SMARTS) is 1. The summed E-state index contributed by atoms with van der Waals surface area (Å²) in [5.41, 5.74) is 1.20. The quantitative estimate of drug-likeness (QED) is 0.776. The van der Waals surface area contributed by atoms with Crippen LogP contribution in [0.5, 0.6) is 0 Å². The Balaban J connectivity index is 2.31. The highest BCUT2D eigenvalue weighted by atomic mass is 32.1. The molecule has 126 valence electrons. The van der Waals surface area contributed by atoms with E-state index < -0.39 is 17.7 Å². The number of nitrogens with one attached hydrogen (secondary N) is 1. The number of carbonyl (C=O) groups excluding carboxylic acids is 1. The van der Waals surface area contributed by atoms with E-state index in [1.54, 1.807) is 20.8 Å². The zero-order valence-electron chi connectivity index (χ0n) is 13.7. The topological polar surface area (TPSA) is 75.6 Å². The summed E-state index contributed by atoms with van der Waals surface area (Å²) in [7, 11) is 0. The van der Waals surface area contributed by atoms with Crippen LogP contribution in [0.4, 0.5) is 9.80 Å². The molecule has 0 atom stereocenters. The lowest BCUT2D eigenvalue weighted by molar-refractivity contribution is -0.131. The van der Waals surface area contributed by atoms with E-state index in [0.717, 1.165) is 22.1 Å². The van der Waals surface area contributed by atoms with Crippen molar-refractivity contribution in [3.8, 4) is 11.1 Å². The third-order valence-electron chi connectivity index (χ3n) is 2.85. The Morgan fingerprint density at radius 1 is 1.21 bits per heavy atom. The van der Waals surface area contributed by atoms with Gasteiger partial charge in [-0.15, -0.1) is 11.3 Å². The number of ether oxygens (including phenoxy) is 1. The molecule has 0 unspecified atom stereocenters. The third-order valence-corrected chi connectivity index (χ3v) is 3.86. The summed E-state index contributed by atoms with van der Waals surface area (Å²) in [6, 6.07) is 11.4. The summed E-state index contributed by atoms with van der Waals surface area (Å²) in [4.78, 5) is 23.4. The van der Waals surface area contributed by atoms with Gasteiger partial charge in [0, 0.05) is 16.5 Å². The standard InChI is InChI=1S/C18H19NO4S/c1-18(2,3)23-17(22)19-15-11-13(12-7-5-4-6-8-12)14(24-15)9-10-16(20)21/h4-11H,1-3H3,(H,19,22)(H,20,21). The van der Waals surface area contributed by atoms with Crippen LogP contribution in [-0.4, -0.2) is 22.8 Å². The van der Waals surface area contributed by atoms with Crippen LogP contribution in [0, 0.1) is 0 Å². The molecule has 0 aliphatic heterocycles. The Kier molecular flexibility index (Phi) is 5.41. The van der Waals surface area contributed by atoms with Gasteiger partial charge in [-0.25, -0.2) is 9.59 Å². The largest absolute Gasteiger partial charge is 0.478 e. The minimum absolute atomic E-state index is 0.544. The highest BCUT2D eigenvalue weighted by Gasteiger charge is 2.18. The number of aliphatic carboxylic acids is 1. The monoisotopic (exact) mass is 345 g/mol. The maximum absolute atomic E-state index is 11.9. The van der Waals surface area contributed by atoms with Gasteiger partial charge in [0.1, 0.15) is 5.60 Å². The number of carbonyl (C=O) groups is 2. The molecular weight excluding hydrogens is 326 g/mol. The second-order valence-electron chi connectivity index (χ2n) is 6.05. The van der Waals surface area contributed by atoms with Gasteiger partial charge >= 0.3 is 12.1 Å². The molecule has 6 heteroatoms. The van der Waals surface area contributed by atoms with E-state index in [-0.39, 0.29) is 0 Å². The van der Waals surface area contributed by atoms with Crippen LogP contribution in [0.25, 0.3) is 17.2 Å². The summed E-state index contributed by atoms with van der Waals surface area (Å²) in [6.45, 7) is 5.37. The molecule has 1 aromatic carbocycles. The van der Waals surface area contributed by atoms with E-state index in [4.69, 9.17) is 9.84 Å². The Hall–Kier alpha value is -2.60. The first-order valence-corrected chi connectivity index (χ1v) is 8.16. The molecular formula is C18H19NO4S. The minimum atomic E-state index is -1.02. The van der Waals surface area contributed by atoms with Crippen LogP contribution in [0.15, 0.2) is 42.5 Å². The smallest absolute Gasteiger partial charge is 0.412 e. The van der Waals surface area contributed by atoms with Crippen molar-refractivity contribution in [3.63, 3.8) is 0 Å². The Bertz CT molecular complexity index is 757. The zero-order valence-corrected chi connectivity index (χ0v) is 14.5. The van der Waals surface area contributed by atoms with Gasteiger partial charge < -0.3 is 9.84 Å². The third kappa shape index (κ3) is 5.24. The molecule has 2 N–H and O–H groups in total. The average molecular weight is 345 g/mol. The van der Waals surface area contributed by atoms with E-state index >= 15 is 0 Å². The van der Waals surface area contributed by atoms with E-state index in [1.165, 1.54) is 17.4 Å². The van der Waals surface area contributed by atoms with Crippen LogP contribution >= 0.6 is 11.3 Å². The Labute approximate surface area is 144 Å². The lowest BCUT2D eigenvalue weighted by Crippen LogP contribution is -2.26. The number of hydrogen-bond donors (Lipinski definition) is 2. The van der Waals surface area contributed by atoms with Crippen LogP contribution in [0.1, 0.15) is 25.6 Å². The number of anilines is 1. The molecule has 1 amide bonds. The second kappa shape index (κ2) is 7.31. The molecule has 5 nitrogen and oxygen atoms in total. The van der Waals surface area contributed by atoms with Crippen molar-refractivity contribution in [2.45, 2.75) is 26.4 Å². The number of benzene rings is 1. The van der Waals surface area contributed by atoms with Gasteiger partial charge in [-0.1, -0.05) is 30.3 Å². The van der Waals surface area contributed by atoms with Gasteiger partial charge in [0.2, 0.25) is 0 Å². The summed E-state index contributed by atoms with van der Waals surface area (Å²) in [5.74, 6) is -1.02. The van der Waals surface area contributed by atoms with E-state index in [2.05, 4.69) is 5.32 Å². The fourth-order valence-electron chi connectivity index (χ4n) is 1.99. The molecule has 0 radical (unpaired) electrons. The molecule has 1 heterocycles. The predicted molar refractivity (Wildman–Crippen MR) is 96.3 cm³/mol. The molecule has 0 saturated heterocycles. The van der Waals surface area contributed by atoms with E-state index in [0.29, 0.717) is 5.00 Å². The SMILES string of the molecule is CC(C)(C)OC(=O)Nc1cc(-c2ccccc2)c(C=CC(=O)O)s1. The summed E-state index contributed by atoms with van der Waals surface area (Å²) >= 11 is 1.29. The van der Waals surface area contributed by atoms with Gasteiger partial charge in [0.25, 0.3) is 0 Å². The van der Waals surface area contributed by atoms with E-state index in [9.17, 15) is 9.59 Å². The highest BCUT2D eigenvalue weighted by molar-refractivity contribution is 7.17. The van der Waals surface area contributed by atoms with Gasteiger partial charge in [-0.3, -0.25) is 5.32 Å². The van der Waals surface area contributed by atoms with Crippen LogP contribution in [-0.2, 0) is 9.53 Å². The fraction of sp³-hybridized carbons (Fsp3) is 0.222. The average Bonchev–Trinajstić information content (AvgIpc) is 2.86. The Morgan fingerprint density at radius 2 is 1.88 bits per heavy atom. The molecule has 2 aromatic rings. The molecule has 1 aromatic heterocycles. The van der Waals surface area contributed by atoms with Gasteiger partial charge in [-0.2, -0.15) is 0 Å². The second-order valence-corrected chi connectivity index (χ2v) is 7.14. The maximum atomic E-state index is 11.9. The van der Waals surface area contributed by atoms with Crippen molar-refractivity contribution in [2.75, 3.05) is 5.32 Å². The first-order chi connectivity index (χ1) is 11.2. The summed E-state index contributed by atoms with van der Waals surface area (Å²) < 4.78 is 5.24.